The summed E-state index contributed by atoms with van der Waals surface area (Å²) in [6.07, 6.45) is 2.65. The summed E-state index contributed by atoms with van der Waals surface area (Å²) in [5, 5.41) is 10.8. The topological polar surface area (TPSA) is 54.4 Å². The molecule has 102 valence electrons. The van der Waals surface area contributed by atoms with Crippen LogP contribution in [-0.4, -0.2) is 23.9 Å². The highest BCUT2D eigenvalue weighted by molar-refractivity contribution is 7.93. The first-order chi connectivity index (χ1) is 8.91. The fourth-order valence-electron chi connectivity index (χ4n) is 3.81. The van der Waals surface area contributed by atoms with Crippen molar-refractivity contribution >= 4 is 9.84 Å². The summed E-state index contributed by atoms with van der Waals surface area (Å²) in [6.45, 7) is 3.91. The Morgan fingerprint density at radius 1 is 1.11 bits per heavy atom. The van der Waals surface area contributed by atoms with E-state index in [-0.39, 0.29) is 0 Å². The number of benzene rings is 1. The Morgan fingerprint density at radius 3 is 2.47 bits per heavy atom. The Balaban J connectivity index is 2.18. The molecule has 0 aliphatic heterocycles. The highest BCUT2D eigenvalue weighted by Crippen LogP contribution is 2.58. The summed E-state index contributed by atoms with van der Waals surface area (Å²) in [5.41, 5.74) is -0.277. The van der Waals surface area contributed by atoms with E-state index in [0.29, 0.717) is 30.6 Å². The van der Waals surface area contributed by atoms with Gasteiger partial charge in [-0.25, -0.2) is 8.42 Å². The average molecular weight is 278 g/mol. The first kappa shape index (κ1) is 12.9. The largest absolute Gasteiger partial charge is 0.388 e. The summed E-state index contributed by atoms with van der Waals surface area (Å²) in [5.74, 6) is 0. The van der Waals surface area contributed by atoms with Crippen LogP contribution in [-0.2, 0) is 9.84 Å². The molecular formula is C15H18O3S. The average Bonchev–Trinajstić information content (AvgIpc) is 2.80. The van der Waals surface area contributed by atoms with Gasteiger partial charge in [-0.05, 0) is 44.2 Å². The highest BCUT2D eigenvalue weighted by atomic mass is 32.2. The highest BCUT2D eigenvalue weighted by Gasteiger charge is 2.65. The molecule has 2 saturated carbocycles. The van der Waals surface area contributed by atoms with E-state index in [4.69, 9.17) is 0 Å². The third-order valence-corrected chi connectivity index (χ3v) is 7.31. The van der Waals surface area contributed by atoms with Gasteiger partial charge in [-0.2, -0.15) is 0 Å². The SMILES string of the molecule is C=C1C[C@@]2(O)CCC[C@]2(S(=O)(=O)c2ccccc2)C1. The van der Waals surface area contributed by atoms with Crippen LogP contribution in [0.4, 0.5) is 0 Å². The molecule has 1 N–H and O–H groups in total. The molecule has 2 fully saturated rings. The maximum atomic E-state index is 13.0. The first-order valence-corrected chi connectivity index (χ1v) is 8.08. The zero-order valence-corrected chi connectivity index (χ0v) is 11.6. The Bertz CT molecular complexity index is 620. The van der Waals surface area contributed by atoms with Crippen LogP contribution in [0.1, 0.15) is 32.1 Å². The predicted octanol–water partition coefficient (Wildman–Crippen LogP) is 2.46. The van der Waals surface area contributed by atoms with Crippen molar-refractivity contribution in [1.29, 1.82) is 0 Å². The summed E-state index contributed by atoms with van der Waals surface area (Å²) >= 11 is 0. The normalized spacial score (nSPS) is 34.5. The minimum absolute atomic E-state index is 0.310. The molecule has 0 bridgehead atoms. The van der Waals surface area contributed by atoms with Crippen molar-refractivity contribution in [3.8, 4) is 0 Å². The van der Waals surface area contributed by atoms with Gasteiger partial charge < -0.3 is 5.11 Å². The van der Waals surface area contributed by atoms with Crippen molar-refractivity contribution < 1.29 is 13.5 Å². The maximum Gasteiger partial charge on any atom is 0.187 e. The zero-order valence-electron chi connectivity index (χ0n) is 10.8. The van der Waals surface area contributed by atoms with E-state index in [1.54, 1.807) is 30.3 Å². The standard InChI is InChI=1S/C15H18O3S/c1-12-10-14(16)8-5-9-15(14,11-12)19(17,18)13-6-3-2-4-7-13/h2-4,6-7,16H,1,5,8-11H2/t14-,15-/m0/s1. The quantitative estimate of drug-likeness (QED) is 0.845. The molecule has 3 rings (SSSR count). The smallest absolute Gasteiger partial charge is 0.187 e. The fourth-order valence-corrected chi connectivity index (χ4v) is 6.26. The lowest BCUT2D eigenvalue weighted by Gasteiger charge is -2.35. The molecule has 3 nitrogen and oxygen atoms in total. The van der Waals surface area contributed by atoms with Gasteiger partial charge in [0, 0.05) is 0 Å². The number of aliphatic hydroxyl groups is 1. The van der Waals surface area contributed by atoms with Crippen molar-refractivity contribution in [2.45, 2.75) is 47.3 Å². The second-order valence-corrected chi connectivity index (χ2v) is 8.06. The van der Waals surface area contributed by atoms with E-state index in [1.165, 1.54) is 0 Å². The lowest BCUT2D eigenvalue weighted by Crippen LogP contribution is -2.51. The van der Waals surface area contributed by atoms with Gasteiger partial charge in [-0.15, -0.1) is 0 Å². The van der Waals surface area contributed by atoms with Gasteiger partial charge in [0.15, 0.2) is 9.84 Å². The number of hydrogen-bond donors (Lipinski definition) is 1. The van der Waals surface area contributed by atoms with Gasteiger partial charge in [0.1, 0.15) is 4.75 Å². The summed E-state index contributed by atoms with van der Waals surface area (Å²) < 4.78 is 24.9. The van der Waals surface area contributed by atoms with Gasteiger partial charge in [0.05, 0.1) is 10.5 Å². The minimum atomic E-state index is -3.54. The molecule has 1 aromatic rings. The van der Waals surface area contributed by atoms with Gasteiger partial charge in [-0.1, -0.05) is 30.4 Å². The van der Waals surface area contributed by atoms with Crippen molar-refractivity contribution in [2.24, 2.45) is 0 Å². The third kappa shape index (κ3) is 1.56. The number of hydrogen-bond acceptors (Lipinski definition) is 3. The Hall–Kier alpha value is -1.13. The van der Waals surface area contributed by atoms with E-state index < -0.39 is 20.2 Å². The first-order valence-electron chi connectivity index (χ1n) is 6.60. The lowest BCUT2D eigenvalue weighted by molar-refractivity contribution is 0.0363. The molecule has 0 heterocycles. The van der Waals surface area contributed by atoms with Crippen molar-refractivity contribution in [2.75, 3.05) is 0 Å². The van der Waals surface area contributed by atoms with Crippen LogP contribution < -0.4 is 0 Å². The van der Waals surface area contributed by atoms with Gasteiger partial charge in [-0.3, -0.25) is 0 Å². The number of fused-ring (bicyclic) bond motifs is 1. The molecule has 0 spiro atoms. The Kier molecular flexibility index (Phi) is 2.67. The monoisotopic (exact) mass is 278 g/mol. The molecule has 0 unspecified atom stereocenters. The second-order valence-electron chi connectivity index (χ2n) is 5.80. The summed E-state index contributed by atoms with van der Waals surface area (Å²) in [7, 11) is -3.54. The Morgan fingerprint density at radius 2 is 1.79 bits per heavy atom. The van der Waals surface area contributed by atoms with Crippen molar-refractivity contribution in [3.05, 3.63) is 42.5 Å². The molecule has 2 aliphatic carbocycles. The molecule has 0 saturated heterocycles. The van der Waals surface area contributed by atoms with Crippen LogP contribution in [0.2, 0.25) is 0 Å². The van der Waals surface area contributed by atoms with Crippen LogP contribution in [0.5, 0.6) is 0 Å². The van der Waals surface area contributed by atoms with Gasteiger partial charge in [0.2, 0.25) is 0 Å². The summed E-state index contributed by atoms with van der Waals surface area (Å²) in [6, 6.07) is 8.47. The van der Waals surface area contributed by atoms with E-state index in [0.717, 1.165) is 12.0 Å². The molecule has 4 heteroatoms. The van der Waals surface area contributed by atoms with Crippen LogP contribution in [0.3, 0.4) is 0 Å². The van der Waals surface area contributed by atoms with Gasteiger partial charge >= 0.3 is 0 Å². The number of rotatable bonds is 2. The molecule has 0 amide bonds. The summed E-state index contributed by atoms with van der Waals surface area (Å²) in [4.78, 5) is 0.310. The van der Waals surface area contributed by atoms with Crippen LogP contribution in [0, 0.1) is 0 Å². The molecule has 1 aromatic carbocycles. The predicted molar refractivity (Wildman–Crippen MR) is 73.5 cm³/mol. The molecular weight excluding hydrogens is 260 g/mol. The lowest BCUT2D eigenvalue weighted by atomic mass is 9.94. The van der Waals surface area contributed by atoms with E-state index >= 15 is 0 Å². The minimum Gasteiger partial charge on any atom is -0.388 e. The van der Waals surface area contributed by atoms with E-state index in [9.17, 15) is 13.5 Å². The molecule has 2 atom stereocenters. The zero-order chi connectivity index (χ0) is 13.7. The van der Waals surface area contributed by atoms with E-state index in [2.05, 4.69) is 6.58 Å². The van der Waals surface area contributed by atoms with Crippen molar-refractivity contribution in [1.82, 2.24) is 0 Å². The van der Waals surface area contributed by atoms with Gasteiger partial charge in [0.25, 0.3) is 0 Å². The molecule has 2 aliphatic rings. The molecule has 0 aromatic heterocycles. The second kappa shape index (κ2) is 3.93. The maximum absolute atomic E-state index is 13.0. The molecule has 0 radical (unpaired) electrons. The van der Waals surface area contributed by atoms with Crippen LogP contribution in [0.15, 0.2) is 47.4 Å². The Labute approximate surface area is 113 Å². The van der Waals surface area contributed by atoms with Crippen molar-refractivity contribution in [3.63, 3.8) is 0 Å². The molecule has 19 heavy (non-hydrogen) atoms. The van der Waals surface area contributed by atoms with E-state index in [1.807, 2.05) is 0 Å². The van der Waals surface area contributed by atoms with Crippen LogP contribution >= 0.6 is 0 Å². The number of sulfone groups is 1. The van der Waals surface area contributed by atoms with Crippen LogP contribution in [0.25, 0.3) is 0 Å². The fraction of sp³-hybridized carbons (Fsp3) is 0.467. The third-order valence-electron chi connectivity index (χ3n) is 4.66.